The number of hydrogen-bond donors (Lipinski definition) is 2. The lowest BCUT2D eigenvalue weighted by Crippen LogP contribution is -2.40. The number of aryl methyl sites for hydroxylation is 1. The highest BCUT2D eigenvalue weighted by molar-refractivity contribution is 5.92. The molecule has 5 heteroatoms. The van der Waals surface area contributed by atoms with Gasteiger partial charge in [-0.2, -0.15) is 0 Å². The second-order valence-corrected chi connectivity index (χ2v) is 4.57. The van der Waals surface area contributed by atoms with Gasteiger partial charge in [-0.3, -0.25) is 4.79 Å². The quantitative estimate of drug-likeness (QED) is 0.828. The fraction of sp³-hybridized carbons (Fsp3) is 0.667. The van der Waals surface area contributed by atoms with Gasteiger partial charge in [0.05, 0.1) is 0 Å². The SMILES string of the molecule is CCc1nc(C(=O)NC2CCC(N)CC2)co1. The average molecular weight is 237 g/mol. The van der Waals surface area contributed by atoms with Crippen molar-refractivity contribution in [3.8, 4) is 0 Å². The van der Waals surface area contributed by atoms with Crippen LogP contribution in [0.15, 0.2) is 10.7 Å². The molecule has 1 aromatic rings. The molecule has 94 valence electrons. The van der Waals surface area contributed by atoms with Crippen LogP contribution in [0.4, 0.5) is 0 Å². The molecule has 0 unspecified atom stereocenters. The highest BCUT2D eigenvalue weighted by Gasteiger charge is 2.21. The van der Waals surface area contributed by atoms with E-state index in [2.05, 4.69) is 10.3 Å². The predicted molar refractivity (Wildman–Crippen MR) is 63.6 cm³/mol. The summed E-state index contributed by atoms with van der Waals surface area (Å²) in [6.45, 7) is 1.94. The molecule has 1 amide bonds. The van der Waals surface area contributed by atoms with E-state index >= 15 is 0 Å². The molecule has 5 nitrogen and oxygen atoms in total. The smallest absolute Gasteiger partial charge is 0.273 e. The number of nitrogens with one attached hydrogen (secondary N) is 1. The zero-order valence-electron chi connectivity index (χ0n) is 10.1. The van der Waals surface area contributed by atoms with Gasteiger partial charge in [0, 0.05) is 18.5 Å². The lowest BCUT2D eigenvalue weighted by Gasteiger charge is -2.26. The number of nitrogens with zero attached hydrogens (tertiary/aromatic N) is 1. The summed E-state index contributed by atoms with van der Waals surface area (Å²) in [6.07, 6.45) is 5.97. The van der Waals surface area contributed by atoms with Gasteiger partial charge in [-0.15, -0.1) is 0 Å². The summed E-state index contributed by atoms with van der Waals surface area (Å²) in [5, 5.41) is 2.98. The Balaban J connectivity index is 1.88. The predicted octanol–water partition coefficient (Wildman–Crippen LogP) is 1.24. The summed E-state index contributed by atoms with van der Waals surface area (Å²) >= 11 is 0. The van der Waals surface area contributed by atoms with E-state index in [0.717, 1.165) is 25.7 Å². The minimum atomic E-state index is -0.145. The van der Waals surface area contributed by atoms with Gasteiger partial charge in [0.2, 0.25) is 0 Å². The molecule has 0 radical (unpaired) electrons. The van der Waals surface area contributed by atoms with E-state index in [0.29, 0.717) is 24.0 Å². The standard InChI is InChI=1S/C12H19N3O2/c1-2-11-15-10(7-17-11)12(16)14-9-5-3-8(13)4-6-9/h7-9H,2-6,13H2,1H3,(H,14,16). The number of hydrogen-bond acceptors (Lipinski definition) is 4. The van der Waals surface area contributed by atoms with Crippen molar-refractivity contribution in [2.75, 3.05) is 0 Å². The lowest BCUT2D eigenvalue weighted by molar-refractivity contribution is 0.0920. The molecule has 0 aliphatic heterocycles. The Morgan fingerprint density at radius 1 is 1.53 bits per heavy atom. The maximum atomic E-state index is 11.9. The monoisotopic (exact) mass is 237 g/mol. The van der Waals surface area contributed by atoms with Crippen LogP contribution in [0, 0.1) is 0 Å². The van der Waals surface area contributed by atoms with E-state index < -0.39 is 0 Å². The van der Waals surface area contributed by atoms with Crippen LogP contribution in [0.2, 0.25) is 0 Å². The first-order chi connectivity index (χ1) is 8.19. The van der Waals surface area contributed by atoms with Crippen molar-refractivity contribution in [3.05, 3.63) is 17.8 Å². The Kier molecular flexibility index (Phi) is 3.78. The van der Waals surface area contributed by atoms with Crippen molar-refractivity contribution >= 4 is 5.91 Å². The molecule has 1 aromatic heterocycles. The lowest BCUT2D eigenvalue weighted by atomic mass is 9.92. The Labute approximate surface area is 101 Å². The largest absolute Gasteiger partial charge is 0.448 e. The van der Waals surface area contributed by atoms with Gasteiger partial charge in [-0.05, 0) is 25.7 Å². The Morgan fingerprint density at radius 3 is 2.82 bits per heavy atom. The van der Waals surface area contributed by atoms with Gasteiger partial charge in [-0.1, -0.05) is 6.92 Å². The molecule has 0 spiro atoms. The third-order valence-electron chi connectivity index (χ3n) is 3.19. The third-order valence-corrected chi connectivity index (χ3v) is 3.19. The number of amides is 1. The van der Waals surface area contributed by atoms with Gasteiger partial charge in [-0.25, -0.2) is 4.98 Å². The zero-order chi connectivity index (χ0) is 12.3. The van der Waals surface area contributed by atoms with Crippen molar-refractivity contribution in [3.63, 3.8) is 0 Å². The van der Waals surface area contributed by atoms with Crippen molar-refractivity contribution < 1.29 is 9.21 Å². The Hall–Kier alpha value is -1.36. The normalized spacial score (nSPS) is 24.6. The molecule has 0 saturated heterocycles. The van der Waals surface area contributed by atoms with Gasteiger partial charge in [0.1, 0.15) is 6.26 Å². The first-order valence-corrected chi connectivity index (χ1v) is 6.20. The summed E-state index contributed by atoms with van der Waals surface area (Å²) in [4.78, 5) is 16.0. The van der Waals surface area contributed by atoms with Crippen molar-refractivity contribution in [2.45, 2.75) is 51.1 Å². The summed E-state index contributed by atoms with van der Waals surface area (Å²) < 4.78 is 5.15. The van der Waals surface area contributed by atoms with Crippen LogP contribution in [0.3, 0.4) is 0 Å². The van der Waals surface area contributed by atoms with Crippen LogP contribution in [0.25, 0.3) is 0 Å². The minimum Gasteiger partial charge on any atom is -0.448 e. The molecule has 1 saturated carbocycles. The summed E-state index contributed by atoms with van der Waals surface area (Å²) in [7, 11) is 0. The molecule has 1 heterocycles. The van der Waals surface area contributed by atoms with Crippen LogP contribution >= 0.6 is 0 Å². The fourth-order valence-corrected chi connectivity index (χ4v) is 2.10. The molecule has 17 heavy (non-hydrogen) atoms. The third kappa shape index (κ3) is 3.06. The molecule has 1 fully saturated rings. The van der Waals surface area contributed by atoms with Crippen LogP contribution in [0.1, 0.15) is 49.0 Å². The van der Waals surface area contributed by atoms with Crippen LogP contribution in [-0.2, 0) is 6.42 Å². The number of nitrogens with two attached hydrogens (primary N) is 1. The maximum Gasteiger partial charge on any atom is 0.273 e. The highest BCUT2D eigenvalue weighted by Crippen LogP contribution is 2.17. The van der Waals surface area contributed by atoms with Gasteiger partial charge < -0.3 is 15.5 Å². The first kappa shape index (κ1) is 12.1. The van der Waals surface area contributed by atoms with E-state index in [4.69, 9.17) is 10.2 Å². The fourth-order valence-electron chi connectivity index (χ4n) is 2.10. The van der Waals surface area contributed by atoms with E-state index in [1.54, 1.807) is 0 Å². The van der Waals surface area contributed by atoms with Crippen LogP contribution in [-0.4, -0.2) is 23.0 Å². The number of carbonyl (C=O) groups excluding carboxylic acids is 1. The molecule has 3 N–H and O–H groups in total. The molecular weight excluding hydrogens is 218 g/mol. The summed E-state index contributed by atoms with van der Waals surface area (Å²) in [5.41, 5.74) is 6.19. The average Bonchev–Trinajstić information content (AvgIpc) is 2.81. The molecular formula is C12H19N3O2. The van der Waals surface area contributed by atoms with Crippen LogP contribution in [0.5, 0.6) is 0 Å². The molecule has 0 bridgehead atoms. The second kappa shape index (κ2) is 5.31. The number of oxazole rings is 1. The topological polar surface area (TPSA) is 81.2 Å². The number of aromatic nitrogens is 1. The van der Waals surface area contributed by atoms with E-state index in [-0.39, 0.29) is 11.9 Å². The van der Waals surface area contributed by atoms with Gasteiger partial charge in [0.15, 0.2) is 11.6 Å². The van der Waals surface area contributed by atoms with Gasteiger partial charge in [0.25, 0.3) is 5.91 Å². The van der Waals surface area contributed by atoms with Crippen molar-refractivity contribution in [1.29, 1.82) is 0 Å². The van der Waals surface area contributed by atoms with E-state index in [1.807, 2.05) is 6.92 Å². The molecule has 0 atom stereocenters. The van der Waals surface area contributed by atoms with Crippen molar-refractivity contribution in [1.82, 2.24) is 10.3 Å². The van der Waals surface area contributed by atoms with Crippen molar-refractivity contribution in [2.24, 2.45) is 5.73 Å². The Bertz CT molecular complexity index is 381. The van der Waals surface area contributed by atoms with Gasteiger partial charge >= 0.3 is 0 Å². The Morgan fingerprint density at radius 2 is 2.24 bits per heavy atom. The van der Waals surface area contributed by atoms with E-state index in [1.165, 1.54) is 6.26 Å². The molecule has 1 aliphatic carbocycles. The first-order valence-electron chi connectivity index (χ1n) is 6.20. The molecule has 2 rings (SSSR count). The van der Waals surface area contributed by atoms with E-state index in [9.17, 15) is 4.79 Å². The summed E-state index contributed by atoms with van der Waals surface area (Å²) in [5.74, 6) is 0.453. The maximum absolute atomic E-state index is 11.9. The number of carbonyl (C=O) groups is 1. The summed E-state index contributed by atoms with van der Waals surface area (Å²) in [6, 6.07) is 0.519. The second-order valence-electron chi connectivity index (χ2n) is 4.57. The minimum absolute atomic E-state index is 0.145. The molecule has 1 aliphatic rings. The number of rotatable bonds is 3. The highest BCUT2D eigenvalue weighted by atomic mass is 16.3. The zero-order valence-corrected chi connectivity index (χ0v) is 10.1. The molecule has 0 aromatic carbocycles. The van der Waals surface area contributed by atoms with Crippen LogP contribution < -0.4 is 11.1 Å².